The van der Waals surface area contributed by atoms with E-state index >= 15 is 0 Å². The molecule has 0 atom stereocenters. The normalized spacial score (nSPS) is 11.4. The second-order valence-corrected chi connectivity index (χ2v) is 16.1. The maximum Gasteiger partial charge on any atom is 0.297 e. The van der Waals surface area contributed by atoms with Gasteiger partial charge in [0.2, 0.25) is 0 Å². The Morgan fingerprint density at radius 3 is 1.67 bits per heavy atom. The van der Waals surface area contributed by atoms with E-state index in [1.165, 1.54) is 16.2 Å². The standard InChI is InChI=1S/C19H17IP.C4H9FO3S/c20-21(18-12-6-2-7-13-18,19-14-8-3-9-15-19)16-17-10-4-1-5-11-17;1-2-3-4-9(6,7)8-5/h1-15H,16H2;2-4H2,1H3/q+1;. The van der Waals surface area contributed by atoms with Crippen LogP contribution in [-0.2, 0) is 20.7 Å². The molecule has 0 aliphatic heterocycles. The van der Waals surface area contributed by atoms with Crippen molar-refractivity contribution >= 4 is 47.7 Å². The van der Waals surface area contributed by atoms with E-state index in [2.05, 4.69) is 117 Å². The first kappa shape index (κ1) is 24.9. The molecule has 0 aromatic heterocycles. The molecule has 3 nitrogen and oxygen atoms in total. The topological polar surface area (TPSA) is 43.4 Å². The van der Waals surface area contributed by atoms with Gasteiger partial charge in [0.25, 0.3) is 10.1 Å². The molecule has 0 heterocycles. The first-order valence-corrected chi connectivity index (χ1v) is 16.0. The molecule has 160 valence electrons. The molecule has 0 saturated heterocycles. The Labute approximate surface area is 192 Å². The number of rotatable bonds is 8. The van der Waals surface area contributed by atoms with Crippen molar-refractivity contribution in [3.05, 3.63) is 96.6 Å². The zero-order valence-corrected chi connectivity index (χ0v) is 20.7. The van der Waals surface area contributed by atoms with Crippen LogP contribution in [0.2, 0.25) is 0 Å². The van der Waals surface area contributed by atoms with Crippen LogP contribution >= 0.6 is 26.9 Å². The van der Waals surface area contributed by atoms with Crippen molar-refractivity contribution in [3.63, 3.8) is 0 Å². The molecule has 0 fully saturated rings. The molecule has 3 rings (SSSR count). The van der Waals surface area contributed by atoms with Crippen LogP contribution in [0, 0.1) is 0 Å². The summed E-state index contributed by atoms with van der Waals surface area (Å²) in [7, 11) is -3.85. The molecule has 30 heavy (non-hydrogen) atoms. The number of benzene rings is 3. The molecule has 0 spiro atoms. The lowest BCUT2D eigenvalue weighted by molar-refractivity contribution is 0.00290. The minimum absolute atomic E-state index is 0.236. The highest BCUT2D eigenvalue weighted by molar-refractivity contribution is 14.2. The Morgan fingerprint density at radius 2 is 1.27 bits per heavy atom. The monoisotopic (exact) mass is 559 g/mol. The molecule has 0 aliphatic carbocycles. The first-order valence-electron chi connectivity index (χ1n) is 9.67. The Kier molecular flexibility index (Phi) is 10.4. The van der Waals surface area contributed by atoms with Crippen molar-refractivity contribution in [1.82, 2.24) is 0 Å². The van der Waals surface area contributed by atoms with Gasteiger partial charge in [-0.05, 0) is 40.8 Å². The largest absolute Gasteiger partial charge is 0.297 e. The number of halogens is 2. The van der Waals surface area contributed by atoms with Gasteiger partial charge < -0.3 is 0 Å². The van der Waals surface area contributed by atoms with Crippen LogP contribution < -0.4 is 10.6 Å². The summed E-state index contributed by atoms with van der Waals surface area (Å²) in [5.41, 5.74) is 1.41. The molecular formula is C23H26FIO3PS+. The average molecular weight is 559 g/mol. The quantitative estimate of drug-likeness (QED) is 0.243. The fraction of sp³-hybridized carbons (Fsp3) is 0.217. The van der Waals surface area contributed by atoms with E-state index < -0.39 is 15.0 Å². The van der Waals surface area contributed by atoms with Gasteiger partial charge in [-0.25, -0.2) is 0 Å². The van der Waals surface area contributed by atoms with E-state index in [0.717, 1.165) is 6.16 Å². The smallest absolute Gasteiger partial charge is 0.197 e. The summed E-state index contributed by atoms with van der Waals surface area (Å²) in [6.45, 7) is 1.81. The van der Waals surface area contributed by atoms with Crippen molar-refractivity contribution < 1.29 is 17.3 Å². The van der Waals surface area contributed by atoms with Gasteiger partial charge in [0.1, 0.15) is 21.7 Å². The van der Waals surface area contributed by atoms with Gasteiger partial charge in [-0.2, -0.15) is 8.42 Å². The lowest BCUT2D eigenvalue weighted by atomic mass is 10.2. The third-order valence-corrected chi connectivity index (χ3v) is 12.8. The highest BCUT2D eigenvalue weighted by Gasteiger charge is 2.40. The van der Waals surface area contributed by atoms with Gasteiger partial charge in [0.15, 0.2) is 22.0 Å². The molecule has 3 aromatic rings. The Hall–Kier alpha value is -1.34. The molecular weight excluding hydrogens is 533 g/mol. The van der Waals surface area contributed by atoms with Gasteiger partial charge in [0.05, 0.1) is 5.75 Å². The molecule has 3 aromatic carbocycles. The first-order chi connectivity index (χ1) is 14.4. The predicted octanol–water partition coefficient (Wildman–Crippen LogP) is 6.22. The SMILES string of the molecule is CCCCS(=O)(=O)OF.I[P+](Cc1ccccc1)(c1ccccc1)c1ccccc1. The number of unbranched alkanes of at least 4 members (excludes halogenated alkanes) is 1. The van der Waals surface area contributed by atoms with E-state index in [4.69, 9.17) is 0 Å². The second-order valence-electron chi connectivity index (χ2n) is 6.71. The van der Waals surface area contributed by atoms with Crippen molar-refractivity contribution in [2.45, 2.75) is 25.9 Å². The van der Waals surface area contributed by atoms with Crippen LogP contribution in [0.5, 0.6) is 0 Å². The van der Waals surface area contributed by atoms with E-state index in [0.29, 0.717) is 12.8 Å². The summed E-state index contributed by atoms with van der Waals surface area (Å²) in [6, 6.07) is 32.7. The average Bonchev–Trinajstić information content (AvgIpc) is 2.80. The van der Waals surface area contributed by atoms with Crippen LogP contribution in [0.3, 0.4) is 0 Å². The minimum atomic E-state index is -3.85. The maximum atomic E-state index is 11.0. The molecule has 0 saturated carbocycles. The summed E-state index contributed by atoms with van der Waals surface area (Å²) < 4.78 is 34.0. The summed E-state index contributed by atoms with van der Waals surface area (Å²) >= 11 is 2.72. The molecule has 0 bridgehead atoms. The fourth-order valence-corrected chi connectivity index (χ4v) is 9.33. The van der Waals surface area contributed by atoms with E-state index in [-0.39, 0.29) is 5.75 Å². The molecule has 0 radical (unpaired) electrons. The lowest BCUT2D eigenvalue weighted by Crippen LogP contribution is -2.19. The van der Waals surface area contributed by atoms with E-state index in [1.54, 1.807) is 0 Å². The predicted molar refractivity (Wildman–Crippen MR) is 134 cm³/mol. The van der Waals surface area contributed by atoms with Crippen LogP contribution in [-0.4, -0.2) is 14.2 Å². The van der Waals surface area contributed by atoms with Crippen molar-refractivity contribution in [2.75, 3.05) is 5.75 Å². The Balaban J connectivity index is 0.000000303. The molecule has 0 aliphatic rings. The van der Waals surface area contributed by atoms with Gasteiger partial charge in [-0.15, -0.1) is 0 Å². The second kappa shape index (κ2) is 12.5. The lowest BCUT2D eigenvalue weighted by Gasteiger charge is -2.20. The number of hydrogen-bond acceptors (Lipinski definition) is 3. The van der Waals surface area contributed by atoms with Crippen LogP contribution in [0.25, 0.3) is 0 Å². The molecule has 0 N–H and O–H groups in total. The highest BCUT2D eigenvalue weighted by Crippen LogP contribution is 2.66. The summed E-state index contributed by atoms with van der Waals surface area (Å²) in [5, 5.41) is 2.92. The van der Waals surface area contributed by atoms with Crippen LogP contribution in [0.15, 0.2) is 91.0 Å². The van der Waals surface area contributed by atoms with Gasteiger partial charge in [-0.3, -0.25) is 0 Å². The summed E-state index contributed by atoms with van der Waals surface area (Å²) in [6.07, 6.45) is 2.25. The van der Waals surface area contributed by atoms with Crippen molar-refractivity contribution in [2.24, 2.45) is 0 Å². The zero-order chi connectivity index (χ0) is 21.9. The maximum absolute atomic E-state index is 11.0. The Bertz CT molecular complexity index is 932. The number of hydrogen-bond donors (Lipinski definition) is 0. The van der Waals surface area contributed by atoms with E-state index in [1.807, 2.05) is 6.92 Å². The zero-order valence-electron chi connectivity index (χ0n) is 16.8. The third kappa shape index (κ3) is 7.73. The minimum Gasteiger partial charge on any atom is -0.197 e. The van der Waals surface area contributed by atoms with Crippen LogP contribution in [0.4, 0.5) is 4.53 Å². The summed E-state index contributed by atoms with van der Waals surface area (Å²) in [4.78, 5) is -1.43. The molecule has 7 heteroatoms. The van der Waals surface area contributed by atoms with Gasteiger partial charge in [-0.1, -0.05) is 84.5 Å². The summed E-state index contributed by atoms with van der Waals surface area (Å²) in [5.74, 6) is -0.236. The highest BCUT2D eigenvalue weighted by atomic mass is 127. The third-order valence-electron chi connectivity index (χ3n) is 4.42. The van der Waals surface area contributed by atoms with Gasteiger partial charge >= 0.3 is 0 Å². The van der Waals surface area contributed by atoms with E-state index in [9.17, 15) is 12.9 Å². The van der Waals surface area contributed by atoms with Crippen LogP contribution in [0.1, 0.15) is 25.3 Å². The molecule has 0 amide bonds. The Morgan fingerprint density at radius 1 is 0.833 bits per heavy atom. The molecule has 0 unspecified atom stereocenters. The van der Waals surface area contributed by atoms with Crippen molar-refractivity contribution in [1.29, 1.82) is 0 Å². The van der Waals surface area contributed by atoms with Crippen molar-refractivity contribution in [3.8, 4) is 0 Å². The van der Waals surface area contributed by atoms with Gasteiger partial charge in [0, 0.05) is 0 Å². The fourth-order valence-electron chi connectivity index (χ4n) is 2.85.